The van der Waals surface area contributed by atoms with Crippen molar-refractivity contribution in [1.29, 1.82) is 0 Å². The third-order valence-electron chi connectivity index (χ3n) is 4.92. The van der Waals surface area contributed by atoms with Crippen molar-refractivity contribution in [1.82, 2.24) is 10.2 Å². The number of nitrogens with zero attached hydrogens (tertiary/aromatic N) is 2. The fourth-order valence-electron chi connectivity index (χ4n) is 3.14. The molecule has 0 saturated heterocycles. The molecule has 0 radical (unpaired) electrons. The van der Waals surface area contributed by atoms with Gasteiger partial charge in [-0.3, -0.25) is 13.9 Å². The molecule has 2 aromatic rings. The lowest BCUT2D eigenvalue weighted by molar-refractivity contribution is -0.139. The van der Waals surface area contributed by atoms with Crippen LogP contribution in [-0.2, 0) is 26.2 Å². The molecule has 2 rings (SSSR count). The summed E-state index contributed by atoms with van der Waals surface area (Å²) in [4.78, 5) is 27.2. The van der Waals surface area contributed by atoms with Gasteiger partial charge in [-0.05, 0) is 43.7 Å². The topological polar surface area (TPSA) is 96.0 Å². The first-order chi connectivity index (χ1) is 15.5. The molecule has 1 N–H and O–H groups in total. The number of nitrogens with one attached hydrogen (secondary N) is 1. The SMILES string of the molecule is CCNC(=O)[C@H](C)N(Cc1ccccc1Cl)C(=O)CN(c1ccc(OC)c(Cl)c1)S(C)(=O)=O. The highest BCUT2D eigenvalue weighted by Crippen LogP contribution is 2.30. The van der Waals surface area contributed by atoms with E-state index in [1.165, 1.54) is 30.2 Å². The summed E-state index contributed by atoms with van der Waals surface area (Å²) in [6.07, 6.45) is 0.990. The second-order valence-corrected chi connectivity index (χ2v) is 9.99. The van der Waals surface area contributed by atoms with Crippen LogP contribution in [0.25, 0.3) is 0 Å². The summed E-state index contributed by atoms with van der Waals surface area (Å²) < 4.78 is 31.2. The first kappa shape index (κ1) is 26.8. The van der Waals surface area contributed by atoms with Gasteiger partial charge in [0.25, 0.3) is 0 Å². The van der Waals surface area contributed by atoms with Crippen molar-refractivity contribution in [2.45, 2.75) is 26.4 Å². The highest BCUT2D eigenvalue weighted by atomic mass is 35.5. The Morgan fingerprint density at radius 1 is 1.12 bits per heavy atom. The molecule has 180 valence electrons. The van der Waals surface area contributed by atoms with E-state index in [-0.39, 0.29) is 23.2 Å². The van der Waals surface area contributed by atoms with Crippen LogP contribution in [0.2, 0.25) is 10.0 Å². The molecule has 8 nitrogen and oxygen atoms in total. The van der Waals surface area contributed by atoms with Gasteiger partial charge in [-0.25, -0.2) is 8.42 Å². The predicted molar refractivity (Wildman–Crippen MR) is 130 cm³/mol. The molecular formula is C22H27Cl2N3O5S. The number of carbonyl (C=O) groups is 2. The van der Waals surface area contributed by atoms with E-state index in [1.807, 2.05) is 0 Å². The fourth-order valence-corrected chi connectivity index (χ4v) is 4.43. The fraction of sp³-hybridized carbons (Fsp3) is 0.364. The molecule has 0 aliphatic heterocycles. The van der Waals surface area contributed by atoms with Crippen LogP contribution in [0.1, 0.15) is 19.4 Å². The van der Waals surface area contributed by atoms with Gasteiger partial charge in [0.15, 0.2) is 0 Å². The van der Waals surface area contributed by atoms with Crippen molar-refractivity contribution in [2.75, 3.05) is 30.8 Å². The molecule has 0 fully saturated rings. The molecular weight excluding hydrogens is 489 g/mol. The molecule has 0 spiro atoms. The smallest absolute Gasteiger partial charge is 0.244 e. The van der Waals surface area contributed by atoms with E-state index in [4.69, 9.17) is 27.9 Å². The van der Waals surface area contributed by atoms with Gasteiger partial charge >= 0.3 is 0 Å². The van der Waals surface area contributed by atoms with Gasteiger partial charge in [-0.2, -0.15) is 0 Å². The maximum Gasteiger partial charge on any atom is 0.244 e. The number of carbonyl (C=O) groups excluding carboxylic acids is 2. The number of methoxy groups -OCH3 is 1. The second kappa shape index (κ2) is 11.6. The number of hydrogen-bond donors (Lipinski definition) is 1. The lowest BCUT2D eigenvalue weighted by Crippen LogP contribution is -2.51. The number of benzene rings is 2. The molecule has 0 bridgehead atoms. The van der Waals surface area contributed by atoms with Crippen LogP contribution in [-0.4, -0.2) is 57.6 Å². The molecule has 0 unspecified atom stereocenters. The number of rotatable bonds is 10. The summed E-state index contributed by atoms with van der Waals surface area (Å²) in [6, 6.07) is 10.5. The summed E-state index contributed by atoms with van der Waals surface area (Å²) in [7, 11) is -2.42. The lowest BCUT2D eigenvalue weighted by Gasteiger charge is -2.31. The number of sulfonamides is 1. The minimum Gasteiger partial charge on any atom is -0.495 e. The Morgan fingerprint density at radius 2 is 1.79 bits per heavy atom. The monoisotopic (exact) mass is 515 g/mol. The summed E-state index contributed by atoms with van der Waals surface area (Å²) in [5.74, 6) is -0.576. The first-order valence-electron chi connectivity index (χ1n) is 10.1. The van der Waals surface area contributed by atoms with Crippen LogP contribution in [0.15, 0.2) is 42.5 Å². The van der Waals surface area contributed by atoms with Crippen molar-refractivity contribution in [3.8, 4) is 5.75 Å². The molecule has 0 aliphatic carbocycles. The molecule has 0 saturated carbocycles. The van der Waals surface area contributed by atoms with Crippen LogP contribution in [0, 0.1) is 0 Å². The minimum atomic E-state index is -3.86. The third kappa shape index (κ3) is 6.99. The van der Waals surface area contributed by atoms with E-state index in [9.17, 15) is 18.0 Å². The van der Waals surface area contributed by atoms with Crippen LogP contribution in [0.5, 0.6) is 5.75 Å². The molecule has 0 aliphatic rings. The van der Waals surface area contributed by atoms with Gasteiger partial charge in [0, 0.05) is 18.1 Å². The van der Waals surface area contributed by atoms with E-state index in [2.05, 4.69) is 5.32 Å². The summed E-state index contributed by atoms with van der Waals surface area (Å²) >= 11 is 12.4. The van der Waals surface area contributed by atoms with Gasteiger partial charge < -0.3 is 15.0 Å². The number of halogens is 2. The first-order valence-corrected chi connectivity index (χ1v) is 12.7. The molecule has 0 heterocycles. The molecule has 1 atom stereocenters. The Morgan fingerprint density at radius 3 is 2.33 bits per heavy atom. The summed E-state index contributed by atoms with van der Waals surface area (Å²) in [6.45, 7) is 3.23. The maximum absolute atomic E-state index is 13.4. The second-order valence-electron chi connectivity index (χ2n) is 7.27. The summed E-state index contributed by atoms with van der Waals surface area (Å²) in [5, 5.41) is 3.31. The van der Waals surface area contributed by atoms with E-state index in [0.717, 1.165) is 10.6 Å². The van der Waals surface area contributed by atoms with E-state index < -0.39 is 28.5 Å². The largest absolute Gasteiger partial charge is 0.495 e. The van der Waals surface area contributed by atoms with Gasteiger partial charge in [0.2, 0.25) is 21.8 Å². The van der Waals surface area contributed by atoms with Gasteiger partial charge in [0.05, 0.1) is 24.1 Å². The van der Waals surface area contributed by atoms with Gasteiger partial charge in [-0.1, -0.05) is 41.4 Å². The van der Waals surface area contributed by atoms with E-state index in [1.54, 1.807) is 38.1 Å². The Balaban J connectivity index is 2.42. The van der Waals surface area contributed by atoms with Crippen molar-refractivity contribution in [3.05, 3.63) is 58.1 Å². The maximum atomic E-state index is 13.4. The van der Waals surface area contributed by atoms with E-state index >= 15 is 0 Å². The Hall–Kier alpha value is -2.49. The third-order valence-corrected chi connectivity index (χ3v) is 6.72. The zero-order valence-electron chi connectivity index (χ0n) is 18.8. The Bertz CT molecular complexity index is 1110. The highest BCUT2D eigenvalue weighted by Gasteiger charge is 2.30. The predicted octanol–water partition coefficient (Wildman–Crippen LogP) is 3.32. The van der Waals surface area contributed by atoms with Crippen LogP contribution in [0.3, 0.4) is 0 Å². The van der Waals surface area contributed by atoms with Crippen LogP contribution in [0.4, 0.5) is 5.69 Å². The van der Waals surface area contributed by atoms with Crippen molar-refractivity contribution in [3.63, 3.8) is 0 Å². The Labute approximate surface area is 204 Å². The van der Waals surface area contributed by atoms with Gasteiger partial charge in [-0.15, -0.1) is 0 Å². The van der Waals surface area contributed by atoms with Crippen molar-refractivity contribution in [2.24, 2.45) is 0 Å². The highest BCUT2D eigenvalue weighted by molar-refractivity contribution is 7.92. The molecule has 33 heavy (non-hydrogen) atoms. The van der Waals surface area contributed by atoms with E-state index in [0.29, 0.717) is 22.9 Å². The number of hydrogen-bond acceptors (Lipinski definition) is 5. The minimum absolute atomic E-state index is 0.0256. The number of anilines is 1. The van der Waals surface area contributed by atoms with Gasteiger partial charge in [0.1, 0.15) is 18.3 Å². The number of likely N-dealkylation sites (N-methyl/N-ethyl adjacent to an activating group) is 1. The van der Waals surface area contributed by atoms with Crippen LogP contribution >= 0.6 is 23.2 Å². The van der Waals surface area contributed by atoms with Crippen molar-refractivity contribution >= 4 is 50.7 Å². The Kier molecular flexibility index (Phi) is 9.39. The van der Waals surface area contributed by atoms with Crippen molar-refractivity contribution < 1.29 is 22.7 Å². The molecule has 2 aromatic carbocycles. The molecule has 2 amide bonds. The average Bonchev–Trinajstić information content (AvgIpc) is 2.75. The molecule has 11 heteroatoms. The average molecular weight is 516 g/mol. The van der Waals surface area contributed by atoms with Crippen LogP contribution < -0.4 is 14.4 Å². The number of amides is 2. The zero-order valence-corrected chi connectivity index (χ0v) is 21.2. The quantitative estimate of drug-likeness (QED) is 0.523. The zero-order chi connectivity index (χ0) is 24.8. The standard InChI is InChI=1S/C22H27Cl2N3O5S/c1-5-25-22(29)15(2)26(13-16-8-6-7-9-18(16)23)21(28)14-27(33(4,30)31)17-10-11-20(32-3)19(24)12-17/h6-12,15H,5,13-14H2,1-4H3,(H,25,29)/t15-/m0/s1. The lowest BCUT2D eigenvalue weighted by atomic mass is 10.1. The normalized spacial score (nSPS) is 12.1. The number of ether oxygens (including phenoxy) is 1. The summed E-state index contributed by atoms with van der Waals surface area (Å²) in [5.41, 5.74) is 0.821. The molecule has 0 aromatic heterocycles.